The molecule has 0 heterocycles. The molecule has 192 valence electrons. The number of amides is 3. The third-order valence-electron chi connectivity index (χ3n) is 6.32. The van der Waals surface area contributed by atoms with Crippen molar-refractivity contribution in [2.75, 3.05) is 10.6 Å². The van der Waals surface area contributed by atoms with Crippen molar-refractivity contribution in [2.45, 2.75) is 29.5 Å². The van der Waals surface area contributed by atoms with Crippen molar-refractivity contribution in [3.63, 3.8) is 0 Å². The van der Waals surface area contributed by atoms with Gasteiger partial charge in [-0.15, -0.1) is 0 Å². The summed E-state index contributed by atoms with van der Waals surface area (Å²) in [5.41, 5.74) is 6.45. The van der Waals surface area contributed by atoms with Crippen molar-refractivity contribution in [3.8, 4) is 0 Å². The molecule has 0 radical (unpaired) electrons. The van der Waals surface area contributed by atoms with Gasteiger partial charge in [0.2, 0.25) is 11.8 Å². The number of nitrogens with one attached hydrogen (secondary N) is 2. The van der Waals surface area contributed by atoms with Crippen LogP contribution in [0.2, 0.25) is 10.0 Å². The fraction of sp³-hybridized carbons (Fsp3) is 0.192. The molecule has 0 bridgehead atoms. The number of rotatable bonds is 6. The number of anilines is 2. The standard InChI is InChI=1S/C26H20Cl4FN3O3/c1-12-9-15(25(24(32)37)22(26(25,29)30)14-3-8-20(31)19(27)10-14)11-18(21(12)28)23(36)34-17-6-4-16(5-7-17)33-13(2)35/h3-11,22H,1-2H3,(H2,32,37)(H,33,35)(H,34,36). The topological polar surface area (TPSA) is 101 Å². The molecular weight excluding hydrogens is 563 g/mol. The van der Waals surface area contributed by atoms with Gasteiger partial charge in [0, 0.05) is 24.2 Å². The first-order valence-corrected chi connectivity index (χ1v) is 12.4. The summed E-state index contributed by atoms with van der Waals surface area (Å²) in [5, 5.41) is 5.37. The van der Waals surface area contributed by atoms with Crippen molar-refractivity contribution >= 4 is 75.5 Å². The molecule has 2 atom stereocenters. The van der Waals surface area contributed by atoms with Crippen molar-refractivity contribution in [1.82, 2.24) is 0 Å². The number of aryl methyl sites for hydroxylation is 1. The van der Waals surface area contributed by atoms with Crippen molar-refractivity contribution in [3.05, 3.63) is 92.7 Å². The molecule has 3 aromatic rings. The minimum Gasteiger partial charge on any atom is -0.369 e. The van der Waals surface area contributed by atoms with Crippen LogP contribution in [0.5, 0.6) is 0 Å². The summed E-state index contributed by atoms with van der Waals surface area (Å²) >= 11 is 25.7. The lowest BCUT2D eigenvalue weighted by Gasteiger charge is -2.19. The van der Waals surface area contributed by atoms with Crippen LogP contribution in [-0.4, -0.2) is 22.1 Å². The van der Waals surface area contributed by atoms with Crippen LogP contribution in [0, 0.1) is 12.7 Å². The van der Waals surface area contributed by atoms with Crippen LogP contribution in [-0.2, 0) is 15.0 Å². The third-order valence-corrected chi connectivity index (χ3v) is 8.15. The highest BCUT2D eigenvalue weighted by atomic mass is 35.5. The Bertz CT molecular complexity index is 1450. The van der Waals surface area contributed by atoms with E-state index in [-0.39, 0.29) is 27.1 Å². The molecule has 1 saturated carbocycles. The summed E-state index contributed by atoms with van der Waals surface area (Å²) in [4.78, 5) is 37.3. The molecule has 3 aromatic carbocycles. The zero-order valence-electron chi connectivity index (χ0n) is 19.5. The Hall–Kier alpha value is -2.84. The van der Waals surface area contributed by atoms with Crippen LogP contribution >= 0.6 is 46.4 Å². The number of hydrogen-bond donors (Lipinski definition) is 3. The molecule has 37 heavy (non-hydrogen) atoms. The van der Waals surface area contributed by atoms with Gasteiger partial charge in [-0.05, 0) is 66.1 Å². The first kappa shape index (κ1) is 27.2. The Labute approximate surface area is 232 Å². The minimum absolute atomic E-state index is 0.0650. The van der Waals surface area contributed by atoms with Gasteiger partial charge in [-0.2, -0.15) is 0 Å². The second-order valence-electron chi connectivity index (χ2n) is 8.77. The molecule has 0 spiro atoms. The summed E-state index contributed by atoms with van der Waals surface area (Å²) in [6, 6.07) is 13.4. The summed E-state index contributed by atoms with van der Waals surface area (Å²) < 4.78 is 12.1. The van der Waals surface area contributed by atoms with E-state index in [9.17, 15) is 18.8 Å². The van der Waals surface area contributed by atoms with E-state index in [1.165, 1.54) is 25.1 Å². The molecule has 1 aliphatic rings. The number of alkyl halides is 2. The van der Waals surface area contributed by atoms with Crippen LogP contribution < -0.4 is 16.4 Å². The van der Waals surface area contributed by atoms with Gasteiger partial charge in [0.25, 0.3) is 5.91 Å². The first-order chi connectivity index (χ1) is 17.3. The Morgan fingerprint density at radius 1 is 0.946 bits per heavy atom. The van der Waals surface area contributed by atoms with Crippen molar-refractivity contribution in [1.29, 1.82) is 0 Å². The average Bonchev–Trinajstić information content (AvgIpc) is 3.35. The highest BCUT2D eigenvalue weighted by molar-refractivity contribution is 6.55. The SMILES string of the molecule is CC(=O)Nc1ccc(NC(=O)c2cc(C3(C(N)=O)C(c4ccc(F)c(Cl)c4)C3(Cl)Cl)cc(C)c2Cl)cc1. The van der Waals surface area contributed by atoms with E-state index in [0.717, 1.165) is 6.07 Å². The van der Waals surface area contributed by atoms with Crippen LogP contribution in [0.25, 0.3) is 0 Å². The predicted octanol–water partition coefficient (Wildman–Crippen LogP) is 6.35. The molecule has 2 unspecified atom stereocenters. The van der Waals surface area contributed by atoms with Crippen LogP contribution in [0.1, 0.15) is 39.9 Å². The quantitative estimate of drug-likeness (QED) is 0.295. The Morgan fingerprint density at radius 2 is 1.54 bits per heavy atom. The highest BCUT2D eigenvalue weighted by Gasteiger charge is 2.80. The van der Waals surface area contributed by atoms with Gasteiger partial charge in [0.05, 0.1) is 15.6 Å². The summed E-state index contributed by atoms with van der Waals surface area (Å²) in [5.74, 6) is -3.12. The molecule has 3 amide bonds. The molecule has 6 nitrogen and oxygen atoms in total. The first-order valence-electron chi connectivity index (χ1n) is 10.9. The Kier molecular flexibility index (Phi) is 7.20. The number of halogens is 5. The molecule has 0 saturated heterocycles. The maximum atomic E-state index is 13.8. The van der Waals surface area contributed by atoms with E-state index in [0.29, 0.717) is 22.5 Å². The normalized spacial score (nSPS) is 19.7. The van der Waals surface area contributed by atoms with Gasteiger partial charge in [-0.25, -0.2) is 4.39 Å². The highest BCUT2D eigenvalue weighted by Crippen LogP contribution is 2.74. The number of carbonyl (C=O) groups is 3. The molecule has 1 fully saturated rings. The Balaban J connectivity index is 1.73. The number of carbonyl (C=O) groups excluding carboxylic acids is 3. The van der Waals surface area contributed by atoms with Gasteiger partial charge >= 0.3 is 0 Å². The maximum absolute atomic E-state index is 13.8. The third kappa shape index (κ3) is 4.66. The van der Waals surface area contributed by atoms with Crippen LogP contribution in [0.3, 0.4) is 0 Å². The second kappa shape index (κ2) is 9.80. The predicted molar refractivity (Wildman–Crippen MR) is 144 cm³/mol. The molecule has 11 heteroatoms. The Morgan fingerprint density at radius 3 is 2.08 bits per heavy atom. The lowest BCUT2D eigenvalue weighted by Crippen LogP contribution is -2.34. The number of benzene rings is 3. The van der Waals surface area contributed by atoms with E-state index in [4.69, 9.17) is 52.1 Å². The largest absolute Gasteiger partial charge is 0.369 e. The van der Waals surface area contributed by atoms with Gasteiger partial charge in [-0.1, -0.05) is 58.5 Å². The molecule has 0 aromatic heterocycles. The van der Waals surface area contributed by atoms with E-state index < -0.39 is 33.3 Å². The average molecular weight is 583 g/mol. The molecule has 4 N–H and O–H groups in total. The maximum Gasteiger partial charge on any atom is 0.257 e. The number of primary amides is 1. The zero-order valence-corrected chi connectivity index (χ0v) is 22.5. The number of nitrogens with two attached hydrogens (primary N) is 1. The van der Waals surface area contributed by atoms with Gasteiger partial charge in [0.15, 0.2) is 0 Å². The smallest absolute Gasteiger partial charge is 0.257 e. The van der Waals surface area contributed by atoms with E-state index in [2.05, 4.69) is 10.6 Å². The lowest BCUT2D eigenvalue weighted by atomic mass is 9.87. The van der Waals surface area contributed by atoms with Crippen molar-refractivity contribution < 1.29 is 18.8 Å². The molecule has 0 aliphatic heterocycles. The van der Waals surface area contributed by atoms with E-state index in [1.54, 1.807) is 37.3 Å². The second-order valence-corrected chi connectivity index (χ2v) is 10.9. The molecule has 1 aliphatic carbocycles. The fourth-order valence-corrected chi connectivity index (χ4v) is 6.04. The van der Waals surface area contributed by atoms with E-state index >= 15 is 0 Å². The van der Waals surface area contributed by atoms with E-state index in [1.807, 2.05) is 0 Å². The molecule has 4 rings (SSSR count). The van der Waals surface area contributed by atoms with Gasteiger partial charge < -0.3 is 16.4 Å². The summed E-state index contributed by atoms with van der Waals surface area (Å²) in [7, 11) is 0. The fourth-order valence-electron chi connectivity index (χ4n) is 4.56. The monoisotopic (exact) mass is 581 g/mol. The van der Waals surface area contributed by atoms with Crippen LogP contribution in [0.4, 0.5) is 15.8 Å². The van der Waals surface area contributed by atoms with Crippen LogP contribution in [0.15, 0.2) is 54.6 Å². The minimum atomic E-state index is -1.70. The summed E-state index contributed by atoms with van der Waals surface area (Å²) in [6.45, 7) is 3.05. The molecular formula is C26H20Cl4FN3O3. The van der Waals surface area contributed by atoms with Gasteiger partial charge in [-0.3, -0.25) is 14.4 Å². The zero-order chi connectivity index (χ0) is 27.3. The van der Waals surface area contributed by atoms with Crippen molar-refractivity contribution in [2.24, 2.45) is 5.73 Å². The number of hydrogen-bond acceptors (Lipinski definition) is 3. The summed E-state index contributed by atoms with van der Waals surface area (Å²) in [6.07, 6.45) is 0. The lowest BCUT2D eigenvalue weighted by molar-refractivity contribution is -0.120. The van der Waals surface area contributed by atoms with Gasteiger partial charge in [0.1, 0.15) is 15.6 Å².